The molecule has 0 saturated carbocycles. The van der Waals surface area contributed by atoms with E-state index >= 15 is 0 Å². The Bertz CT molecular complexity index is 495. The Morgan fingerprint density at radius 2 is 1.48 bits per heavy atom. The van der Waals surface area contributed by atoms with Crippen LogP contribution in [0.25, 0.3) is 0 Å². The average molecular weight is 376 g/mol. The summed E-state index contributed by atoms with van der Waals surface area (Å²) < 4.78 is 0. The van der Waals surface area contributed by atoms with Gasteiger partial charge in [0.15, 0.2) is 0 Å². The largest absolute Gasteiger partial charge is 0.303 e. The van der Waals surface area contributed by atoms with Gasteiger partial charge in [-0.25, -0.2) is 0 Å². The topological polar surface area (TPSA) is 9.72 Å². The lowest BCUT2D eigenvalue weighted by molar-refractivity contribution is 0.0600. The van der Waals surface area contributed by atoms with Gasteiger partial charge in [-0.2, -0.15) is 0 Å². The molecule has 0 aromatic rings. The van der Waals surface area contributed by atoms with Crippen LogP contribution in [0.4, 0.5) is 0 Å². The van der Waals surface area contributed by atoms with Gasteiger partial charge >= 0.3 is 0 Å². The molecule has 0 spiro atoms. The quantitative estimate of drug-likeness (QED) is 0.665. The zero-order chi connectivity index (χ0) is 19.7. The third-order valence-electron chi connectivity index (χ3n) is 7.36. The number of hydrogen-bond donors (Lipinski definition) is 0. The molecule has 3 rings (SSSR count). The van der Waals surface area contributed by atoms with Gasteiger partial charge in [0, 0.05) is 31.2 Å². The Morgan fingerprint density at radius 1 is 0.852 bits per heavy atom. The summed E-state index contributed by atoms with van der Waals surface area (Å²) in [6, 6.07) is 0.821. The van der Waals surface area contributed by atoms with Crippen molar-refractivity contribution in [2.75, 3.05) is 45.8 Å². The van der Waals surface area contributed by atoms with E-state index in [0.717, 1.165) is 12.0 Å². The molecule has 0 amide bonds. The number of likely N-dealkylation sites (tertiary alicyclic amines) is 2. The first-order valence-corrected chi connectivity index (χ1v) is 11.5. The highest BCUT2D eigenvalue weighted by atomic mass is 15.2. The SMILES string of the molecule is CC(C)(C)C1=CCN(C2CCN(CC3CCN(C(C)(C)C)CC3)CC2)CC1. The van der Waals surface area contributed by atoms with Crippen LogP contribution in [0.5, 0.6) is 0 Å². The van der Waals surface area contributed by atoms with Crippen molar-refractivity contribution in [3.8, 4) is 0 Å². The fraction of sp³-hybridized carbons (Fsp3) is 0.917. The minimum Gasteiger partial charge on any atom is -0.303 e. The normalized spacial score (nSPS) is 26.4. The van der Waals surface area contributed by atoms with Gasteiger partial charge < -0.3 is 4.90 Å². The molecule has 0 aromatic carbocycles. The second-order valence-electron chi connectivity index (χ2n) is 11.4. The molecule has 156 valence electrons. The standard InChI is InChI=1S/C24H45N3/c1-23(2,3)21-9-15-26(16-10-21)22-11-13-25(14-12-22)19-20-7-17-27(18-8-20)24(4,5)6/h9,20,22H,7-8,10-19H2,1-6H3. The van der Waals surface area contributed by atoms with Crippen molar-refractivity contribution in [3.63, 3.8) is 0 Å². The number of piperidine rings is 2. The number of rotatable bonds is 3. The van der Waals surface area contributed by atoms with E-state index in [1.807, 2.05) is 0 Å². The molecule has 0 atom stereocenters. The summed E-state index contributed by atoms with van der Waals surface area (Å²) >= 11 is 0. The summed E-state index contributed by atoms with van der Waals surface area (Å²) in [5.41, 5.74) is 2.37. The molecular formula is C24H45N3. The summed E-state index contributed by atoms with van der Waals surface area (Å²) in [4.78, 5) is 8.20. The summed E-state index contributed by atoms with van der Waals surface area (Å²) in [7, 11) is 0. The van der Waals surface area contributed by atoms with Gasteiger partial charge in [-0.1, -0.05) is 32.4 Å². The van der Waals surface area contributed by atoms with Gasteiger partial charge in [0.2, 0.25) is 0 Å². The molecule has 0 radical (unpaired) electrons. The van der Waals surface area contributed by atoms with Crippen LogP contribution in [0, 0.1) is 11.3 Å². The molecule has 2 fully saturated rings. The Kier molecular flexibility index (Phi) is 6.75. The van der Waals surface area contributed by atoms with E-state index in [1.54, 1.807) is 5.57 Å². The number of hydrogen-bond acceptors (Lipinski definition) is 3. The number of nitrogens with zero attached hydrogens (tertiary/aromatic N) is 3. The average Bonchev–Trinajstić information content (AvgIpc) is 2.61. The zero-order valence-electron chi connectivity index (χ0n) is 19.1. The minimum absolute atomic E-state index is 0.346. The first-order valence-electron chi connectivity index (χ1n) is 11.5. The van der Waals surface area contributed by atoms with E-state index in [0.29, 0.717) is 11.0 Å². The molecule has 3 aliphatic heterocycles. The summed E-state index contributed by atoms with van der Waals surface area (Å²) in [6.07, 6.45) is 9.33. The Balaban J connectivity index is 1.38. The third kappa shape index (κ3) is 5.81. The molecule has 3 nitrogen and oxygen atoms in total. The van der Waals surface area contributed by atoms with Crippen LogP contribution in [0.2, 0.25) is 0 Å². The first kappa shape index (κ1) is 21.3. The van der Waals surface area contributed by atoms with Gasteiger partial charge in [0.25, 0.3) is 0 Å². The third-order valence-corrected chi connectivity index (χ3v) is 7.36. The maximum atomic E-state index is 2.77. The van der Waals surface area contributed by atoms with Gasteiger partial charge in [-0.05, 0) is 90.4 Å². The summed E-state index contributed by atoms with van der Waals surface area (Å²) in [6.45, 7) is 23.2. The van der Waals surface area contributed by atoms with Crippen molar-refractivity contribution in [3.05, 3.63) is 11.6 Å². The van der Waals surface area contributed by atoms with E-state index in [1.165, 1.54) is 77.9 Å². The molecular weight excluding hydrogens is 330 g/mol. The van der Waals surface area contributed by atoms with Crippen molar-refractivity contribution >= 4 is 0 Å². The van der Waals surface area contributed by atoms with Crippen LogP contribution < -0.4 is 0 Å². The minimum atomic E-state index is 0.346. The highest BCUT2D eigenvalue weighted by Crippen LogP contribution is 2.32. The van der Waals surface area contributed by atoms with Crippen LogP contribution >= 0.6 is 0 Å². The summed E-state index contributed by atoms with van der Waals surface area (Å²) in [5.74, 6) is 0.924. The fourth-order valence-electron chi connectivity index (χ4n) is 5.32. The van der Waals surface area contributed by atoms with Crippen LogP contribution in [0.15, 0.2) is 11.6 Å². The molecule has 3 heteroatoms. The highest BCUT2D eigenvalue weighted by molar-refractivity contribution is 5.15. The van der Waals surface area contributed by atoms with Gasteiger partial charge in [-0.15, -0.1) is 0 Å². The zero-order valence-corrected chi connectivity index (χ0v) is 19.1. The highest BCUT2D eigenvalue weighted by Gasteiger charge is 2.31. The van der Waals surface area contributed by atoms with E-state index in [2.05, 4.69) is 62.3 Å². The van der Waals surface area contributed by atoms with Gasteiger partial charge in [0.1, 0.15) is 0 Å². The van der Waals surface area contributed by atoms with E-state index in [9.17, 15) is 0 Å². The molecule has 3 heterocycles. The predicted molar refractivity (Wildman–Crippen MR) is 117 cm³/mol. The van der Waals surface area contributed by atoms with Crippen molar-refractivity contribution in [1.82, 2.24) is 14.7 Å². The lowest BCUT2D eigenvalue weighted by Crippen LogP contribution is -2.50. The Morgan fingerprint density at radius 3 is 1.96 bits per heavy atom. The lowest BCUT2D eigenvalue weighted by atomic mass is 9.82. The Hall–Kier alpha value is -0.380. The fourth-order valence-corrected chi connectivity index (χ4v) is 5.32. The van der Waals surface area contributed by atoms with Crippen molar-refractivity contribution in [2.45, 2.75) is 85.2 Å². The van der Waals surface area contributed by atoms with Crippen molar-refractivity contribution < 1.29 is 0 Å². The molecule has 2 saturated heterocycles. The lowest BCUT2D eigenvalue weighted by Gasteiger charge is -2.44. The van der Waals surface area contributed by atoms with Crippen molar-refractivity contribution in [2.24, 2.45) is 11.3 Å². The molecule has 0 aromatic heterocycles. The maximum absolute atomic E-state index is 2.77. The monoisotopic (exact) mass is 375 g/mol. The van der Waals surface area contributed by atoms with E-state index < -0.39 is 0 Å². The summed E-state index contributed by atoms with van der Waals surface area (Å²) in [5, 5.41) is 0. The van der Waals surface area contributed by atoms with E-state index in [-0.39, 0.29) is 0 Å². The molecule has 27 heavy (non-hydrogen) atoms. The van der Waals surface area contributed by atoms with Gasteiger partial charge in [0.05, 0.1) is 0 Å². The molecule has 3 aliphatic rings. The van der Waals surface area contributed by atoms with Crippen LogP contribution in [-0.4, -0.2) is 72.1 Å². The van der Waals surface area contributed by atoms with Crippen LogP contribution in [0.3, 0.4) is 0 Å². The van der Waals surface area contributed by atoms with Gasteiger partial charge in [-0.3, -0.25) is 9.80 Å². The molecule has 0 aliphatic carbocycles. The first-order chi connectivity index (χ1) is 12.6. The maximum Gasteiger partial charge on any atom is 0.0169 e. The van der Waals surface area contributed by atoms with E-state index in [4.69, 9.17) is 0 Å². The molecule has 0 unspecified atom stereocenters. The van der Waals surface area contributed by atoms with Crippen LogP contribution in [-0.2, 0) is 0 Å². The van der Waals surface area contributed by atoms with Crippen LogP contribution in [0.1, 0.15) is 73.6 Å². The second kappa shape index (κ2) is 8.55. The molecule has 0 bridgehead atoms. The molecule has 0 N–H and O–H groups in total. The second-order valence-corrected chi connectivity index (χ2v) is 11.4. The predicted octanol–water partition coefficient (Wildman–Crippen LogP) is 4.64. The smallest absolute Gasteiger partial charge is 0.0169 e. The van der Waals surface area contributed by atoms with Crippen molar-refractivity contribution in [1.29, 1.82) is 0 Å². The Labute approximate surface area is 169 Å².